The van der Waals surface area contributed by atoms with E-state index in [1.807, 2.05) is 31.2 Å². The van der Waals surface area contributed by atoms with Gasteiger partial charge in [-0.15, -0.1) is 0 Å². The fourth-order valence-corrected chi connectivity index (χ4v) is 5.41. The molecule has 0 bridgehead atoms. The Labute approximate surface area is 220 Å². The summed E-state index contributed by atoms with van der Waals surface area (Å²) in [7, 11) is 0. The molecule has 0 saturated carbocycles. The number of ketones is 2. The lowest BCUT2D eigenvalue weighted by atomic mass is 9.80. The van der Waals surface area contributed by atoms with Crippen LogP contribution < -0.4 is 15.8 Å². The lowest BCUT2D eigenvalue weighted by Gasteiger charge is -2.29. The van der Waals surface area contributed by atoms with Gasteiger partial charge in [0.15, 0.2) is 11.6 Å². The Morgan fingerprint density at radius 1 is 0.868 bits per heavy atom. The van der Waals surface area contributed by atoms with Crippen molar-refractivity contribution >= 4 is 28.9 Å². The zero-order valence-corrected chi connectivity index (χ0v) is 20.9. The van der Waals surface area contributed by atoms with Crippen LogP contribution in [0.25, 0.3) is 0 Å². The number of fused-ring (bicyclic) bond motifs is 3. The number of carbonyl (C=O) groups excluding carboxylic acids is 3. The standard InChI is InChI=1S/C32H26N2O4/c1-18-10-14-22(15-11-18)38-32(37)25-17-26(34-21-13-12-19-6-2-3-7-20(19)16-21)27-28(29(25)33)31(36)24-9-5-4-8-23(24)30(27)35/h2-11,14-15,17,21,34H,12-13,16,33H2,1H3. The van der Waals surface area contributed by atoms with Crippen molar-refractivity contribution < 1.29 is 19.1 Å². The molecule has 0 aromatic heterocycles. The predicted molar refractivity (Wildman–Crippen MR) is 146 cm³/mol. The molecule has 4 aromatic rings. The molecule has 3 N–H and O–H groups in total. The summed E-state index contributed by atoms with van der Waals surface area (Å²) in [6, 6.07) is 23.6. The second-order valence-electron chi connectivity index (χ2n) is 9.89. The molecule has 4 aromatic carbocycles. The van der Waals surface area contributed by atoms with Gasteiger partial charge in [-0.2, -0.15) is 0 Å². The SMILES string of the molecule is Cc1ccc(OC(=O)c2cc(NC3CCc4ccccc4C3)c3c(c2N)C(=O)c2ccccc2C3=O)cc1. The van der Waals surface area contributed by atoms with E-state index in [1.165, 1.54) is 11.1 Å². The van der Waals surface area contributed by atoms with Crippen LogP contribution in [0.15, 0.2) is 78.9 Å². The van der Waals surface area contributed by atoms with Crippen LogP contribution in [0.2, 0.25) is 0 Å². The molecule has 6 rings (SSSR count). The molecule has 6 nitrogen and oxygen atoms in total. The normalized spacial score (nSPS) is 15.8. The van der Waals surface area contributed by atoms with Crippen LogP contribution in [-0.2, 0) is 12.8 Å². The maximum absolute atomic E-state index is 13.7. The van der Waals surface area contributed by atoms with Crippen molar-refractivity contribution in [3.05, 3.63) is 123 Å². The number of hydrogen-bond donors (Lipinski definition) is 2. The second-order valence-corrected chi connectivity index (χ2v) is 9.89. The van der Waals surface area contributed by atoms with Crippen LogP contribution in [0, 0.1) is 6.92 Å². The van der Waals surface area contributed by atoms with E-state index >= 15 is 0 Å². The quantitative estimate of drug-likeness (QED) is 0.190. The maximum Gasteiger partial charge on any atom is 0.345 e. The fourth-order valence-electron chi connectivity index (χ4n) is 5.41. The number of nitrogen functional groups attached to an aromatic ring is 1. The third-order valence-electron chi connectivity index (χ3n) is 7.40. The first kappa shape index (κ1) is 23.7. The summed E-state index contributed by atoms with van der Waals surface area (Å²) in [6.45, 7) is 1.94. The van der Waals surface area contributed by atoms with Gasteiger partial charge in [0.25, 0.3) is 0 Å². The van der Waals surface area contributed by atoms with Crippen molar-refractivity contribution in [1.82, 2.24) is 0 Å². The first-order valence-electron chi connectivity index (χ1n) is 12.7. The summed E-state index contributed by atoms with van der Waals surface area (Å²) in [5.74, 6) is -0.997. The number of carbonyl (C=O) groups is 3. The van der Waals surface area contributed by atoms with Crippen LogP contribution in [0.4, 0.5) is 11.4 Å². The number of nitrogens with one attached hydrogen (secondary N) is 1. The molecule has 188 valence electrons. The number of anilines is 2. The highest BCUT2D eigenvalue weighted by Crippen LogP contribution is 2.39. The lowest BCUT2D eigenvalue weighted by Crippen LogP contribution is -2.31. The van der Waals surface area contributed by atoms with E-state index in [1.54, 1.807) is 42.5 Å². The minimum atomic E-state index is -0.690. The Hall–Kier alpha value is -4.71. The van der Waals surface area contributed by atoms with Gasteiger partial charge in [0.1, 0.15) is 5.75 Å². The van der Waals surface area contributed by atoms with Gasteiger partial charge in [0.05, 0.1) is 22.4 Å². The Morgan fingerprint density at radius 3 is 2.21 bits per heavy atom. The van der Waals surface area contributed by atoms with E-state index in [0.29, 0.717) is 17.0 Å². The lowest BCUT2D eigenvalue weighted by molar-refractivity contribution is 0.0735. The van der Waals surface area contributed by atoms with Crippen LogP contribution in [0.3, 0.4) is 0 Å². The average Bonchev–Trinajstić information content (AvgIpc) is 2.93. The molecule has 0 spiro atoms. The van der Waals surface area contributed by atoms with E-state index in [9.17, 15) is 14.4 Å². The van der Waals surface area contributed by atoms with Crippen molar-refractivity contribution in [3.63, 3.8) is 0 Å². The van der Waals surface area contributed by atoms with E-state index in [0.717, 1.165) is 24.8 Å². The molecule has 2 aliphatic rings. The zero-order valence-electron chi connectivity index (χ0n) is 20.9. The number of ether oxygens (including phenoxy) is 1. The van der Waals surface area contributed by atoms with Gasteiger partial charge in [-0.3, -0.25) is 9.59 Å². The summed E-state index contributed by atoms with van der Waals surface area (Å²) in [6.07, 6.45) is 2.50. The molecule has 0 saturated heterocycles. The van der Waals surface area contributed by atoms with Gasteiger partial charge >= 0.3 is 5.97 Å². The molecule has 1 unspecified atom stereocenters. The molecule has 6 heteroatoms. The Balaban J connectivity index is 1.44. The fraction of sp³-hybridized carbons (Fsp3) is 0.156. The number of benzene rings is 4. The molecule has 38 heavy (non-hydrogen) atoms. The van der Waals surface area contributed by atoms with Gasteiger partial charge in [-0.1, -0.05) is 66.2 Å². The highest BCUT2D eigenvalue weighted by atomic mass is 16.5. The molecule has 1 atom stereocenters. The van der Waals surface area contributed by atoms with Gasteiger partial charge in [-0.25, -0.2) is 4.79 Å². The molecular formula is C32H26N2O4. The minimum Gasteiger partial charge on any atom is -0.423 e. The van der Waals surface area contributed by atoms with E-state index in [2.05, 4.69) is 17.4 Å². The monoisotopic (exact) mass is 502 g/mol. The average molecular weight is 503 g/mol. The predicted octanol–water partition coefficient (Wildman–Crippen LogP) is 5.54. The highest BCUT2D eigenvalue weighted by Gasteiger charge is 2.36. The van der Waals surface area contributed by atoms with E-state index in [4.69, 9.17) is 10.5 Å². The smallest absolute Gasteiger partial charge is 0.345 e. The third-order valence-corrected chi connectivity index (χ3v) is 7.40. The molecular weight excluding hydrogens is 476 g/mol. The molecule has 0 heterocycles. The molecule has 0 fully saturated rings. The largest absolute Gasteiger partial charge is 0.423 e. The number of nitrogens with two attached hydrogens (primary N) is 1. The minimum absolute atomic E-state index is 0.0127. The van der Waals surface area contributed by atoms with E-state index < -0.39 is 5.97 Å². The Bertz CT molecular complexity index is 1620. The zero-order chi connectivity index (χ0) is 26.4. The van der Waals surface area contributed by atoms with Crippen LogP contribution in [0.1, 0.15) is 65.3 Å². The highest BCUT2D eigenvalue weighted by molar-refractivity contribution is 6.32. The van der Waals surface area contributed by atoms with Crippen LogP contribution >= 0.6 is 0 Å². The van der Waals surface area contributed by atoms with Gasteiger partial charge in [0.2, 0.25) is 0 Å². The maximum atomic E-state index is 13.7. The van der Waals surface area contributed by atoms with Crippen molar-refractivity contribution in [1.29, 1.82) is 0 Å². The van der Waals surface area contributed by atoms with Gasteiger partial charge in [0, 0.05) is 22.9 Å². The first-order valence-corrected chi connectivity index (χ1v) is 12.7. The summed E-state index contributed by atoms with van der Waals surface area (Å²) >= 11 is 0. The third kappa shape index (κ3) is 4.04. The molecule has 0 radical (unpaired) electrons. The van der Waals surface area contributed by atoms with Crippen molar-refractivity contribution in [3.8, 4) is 5.75 Å². The van der Waals surface area contributed by atoms with Crippen molar-refractivity contribution in [2.45, 2.75) is 32.2 Å². The topological polar surface area (TPSA) is 98.5 Å². The molecule has 0 aliphatic heterocycles. The summed E-state index contributed by atoms with van der Waals surface area (Å²) in [5.41, 5.74) is 11.3. The number of esters is 1. The summed E-state index contributed by atoms with van der Waals surface area (Å²) in [5, 5.41) is 3.49. The summed E-state index contributed by atoms with van der Waals surface area (Å²) < 4.78 is 5.61. The second kappa shape index (κ2) is 9.30. The van der Waals surface area contributed by atoms with E-state index in [-0.39, 0.29) is 45.5 Å². The number of aryl methyl sites for hydroxylation is 2. The Kier molecular flexibility index (Phi) is 5.80. The number of rotatable bonds is 4. The van der Waals surface area contributed by atoms with Crippen molar-refractivity contribution in [2.24, 2.45) is 0 Å². The van der Waals surface area contributed by atoms with Crippen molar-refractivity contribution in [2.75, 3.05) is 11.1 Å². The van der Waals surface area contributed by atoms with Gasteiger partial charge in [-0.05, 0) is 55.5 Å². The molecule has 0 amide bonds. The van der Waals surface area contributed by atoms with Crippen LogP contribution in [0.5, 0.6) is 5.75 Å². The van der Waals surface area contributed by atoms with Gasteiger partial charge < -0.3 is 15.8 Å². The Morgan fingerprint density at radius 2 is 1.50 bits per heavy atom. The first-order chi connectivity index (χ1) is 18.4. The molecule has 2 aliphatic carbocycles. The number of hydrogen-bond acceptors (Lipinski definition) is 6. The summed E-state index contributed by atoms with van der Waals surface area (Å²) in [4.78, 5) is 40.7. The van der Waals surface area contributed by atoms with Crippen LogP contribution in [-0.4, -0.2) is 23.6 Å².